The molecule has 0 aliphatic carbocycles. The number of hydrogen-bond donors (Lipinski definition) is 2. The van der Waals surface area contributed by atoms with Gasteiger partial charge in [-0.1, -0.05) is 6.07 Å². The molecule has 2 aromatic rings. The third-order valence-electron chi connectivity index (χ3n) is 4.83. The highest BCUT2D eigenvalue weighted by Gasteiger charge is 2.31. The molecule has 3 N–H and O–H groups in total. The van der Waals surface area contributed by atoms with Gasteiger partial charge in [0.2, 0.25) is 0 Å². The van der Waals surface area contributed by atoms with E-state index in [9.17, 15) is 0 Å². The molecule has 1 aliphatic rings. The lowest BCUT2D eigenvalue weighted by Crippen LogP contribution is -2.24. The van der Waals surface area contributed by atoms with Gasteiger partial charge in [0.05, 0.1) is 5.69 Å². The van der Waals surface area contributed by atoms with Crippen molar-refractivity contribution in [2.45, 2.75) is 39.8 Å². The van der Waals surface area contributed by atoms with Crippen LogP contribution < -0.4 is 11.1 Å². The first-order valence-corrected chi connectivity index (χ1v) is 8.86. The summed E-state index contributed by atoms with van der Waals surface area (Å²) >= 11 is 0. The lowest BCUT2D eigenvalue weighted by Gasteiger charge is -2.18. The molecule has 0 saturated carbocycles. The van der Waals surface area contributed by atoms with Crippen LogP contribution in [0.25, 0.3) is 0 Å². The van der Waals surface area contributed by atoms with Gasteiger partial charge in [0.15, 0.2) is 5.96 Å². The zero-order valence-corrected chi connectivity index (χ0v) is 15.2. The smallest absolute Gasteiger partial charge is 0.193 e. The van der Waals surface area contributed by atoms with Crippen LogP contribution in [0, 0.1) is 19.8 Å². The fraction of sp³-hybridized carbons (Fsp3) is 0.474. The molecule has 1 saturated heterocycles. The lowest BCUT2D eigenvalue weighted by atomic mass is 9.99. The quantitative estimate of drug-likeness (QED) is 0.647. The number of aryl methyl sites for hydroxylation is 3. The fourth-order valence-electron chi connectivity index (χ4n) is 3.22. The molecule has 3 rings (SSSR count). The van der Waals surface area contributed by atoms with Crippen molar-refractivity contribution in [1.29, 1.82) is 0 Å². The molecule has 0 spiro atoms. The number of anilines is 1. The first-order valence-electron chi connectivity index (χ1n) is 8.86. The SMILES string of the molecule is CCn1nccc1[C@@H]1OCC[C@H]1CN=C(N)Nc1ccc(C)c(C)c1. The van der Waals surface area contributed by atoms with Gasteiger partial charge in [-0.3, -0.25) is 9.67 Å². The monoisotopic (exact) mass is 341 g/mol. The second-order valence-electron chi connectivity index (χ2n) is 6.56. The molecular weight excluding hydrogens is 314 g/mol. The molecule has 25 heavy (non-hydrogen) atoms. The number of rotatable bonds is 5. The van der Waals surface area contributed by atoms with Crippen LogP contribution in [0.3, 0.4) is 0 Å². The third kappa shape index (κ3) is 4.02. The normalized spacial score (nSPS) is 20.8. The molecule has 0 amide bonds. The van der Waals surface area contributed by atoms with Gasteiger partial charge in [-0.05, 0) is 56.5 Å². The van der Waals surface area contributed by atoms with Gasteiger partial charge >= 0.3 is 0 Å². The van der Waals surface area contributed by atoms with Gasteiger partial charge in [-0.2, -0.15) is 5.10 Å². The zero-order chi connectivity index (χ0) is 17.8. The summed E-state index contributed by atoms with van der Waals surface area (Å²) in [6, 6.07) is 8.22. The van der Waals surface area contributed by atoms with Crippen molar-refractivity contribution in [1.82, 2.24) is 9.78 Å². The predicted octanol–water partition coefficient (Wildman–Crippen LogP) is 3.02. The van der Waals surface area contributed by atoms with E-state index in [-0.39, 0.29) is 6.10 Å². The van der Waals surface area contributed by atoms with E-state index >= 15 is 0 Å². The van der Waals surface area contributed by atoms with Crippen LogP contribution in [-0.2, 0) is 11.3 Å². The van der Waals surface area contributed by atoms with E-state index in [1.165, 1.54) is 11.1 Å². The lowest BCUT2D eigenvalue weighted by molar-refractivity contribution is 0.0851. The standard InChI is InChI=1S/C19H27N5O/c1-4-24-17(7-9-22-24)18-15(8-10-25-18)12-21-19(20)23-16-6-5-13(2)14(3)11-16/h5-7,9,11,15,18H,4,8,10,12H2,1-3H3,(H3,20,21,23)/t15-,18+/m0/s1. The van der Waals surface area contributed by atoms with Gasteiger partial charge in [-0.25, -0.2) is 0 Å². The van der Waals surface area contributed by atoms with Crippen molar-refractivity contribution in [3.8, 4) is 0 Å². The maximum absolute atomic E-state index is 6.07. The predicted molar refractivity (Wildman–Crippen MR) is 101 cm³/mol. The number of benzene rings is 1. The Morgan fingerprint density at radius 2 is 2.20 bits per heavy atom. The summed E-state index contributed by atoms with van der Waals surface area (Å²) in [4.78, 5) is 4.54. The maximum Gasteiger partial charge on any atom is 0.193 e. The number of aromatic nitrogens is 2. The Morgan fingerprint density at radius 3 is 2.96 bits per heavy atom. The van der Waals surface area contributed by atoms with Gasteiger partial charge in [0.25, 0.3) is 0 Å². The average molecular weight is 341 g/mol. The Balaban J connectivity index is 1.64. The van der Waals surface area contributed by atoms with Crippen LogP contribution in [0.5, 0.6) is 0 Å². The summed E-state index contributed by atoms with van der Waals surface area (Å²) in [5.41, 5.74) is 10.7. The molecule has 1 aliphatic heterocycles. The maximum atomic E-state index is 6.07. The van der Waals surface area contributed by atoms with Crippen molar-refractivity contribution in [2.24, 2.45) is 16.6 Å². The Morgan fingerprint density at radius 1 is 1.36 bits per heavy atom. The van der Waals surface area contributed by atoms with E-state index < -0.39 is 0 Å². The molecule has 6 heteroatoms. The first kappa shape index (κ1) is 17.5. The number of nitrogens with one attached hydrogen (secondary N) is 1. The number of nitrogens with zero attached hydrogens (tertiary/aromatic N) is 3. The minimum atomic E-state index is 0.0422. The summed E-state index contributed by atoms with van der Waals surface area (Å²) < 4.78 is 7.93. The third-order valence-corrected chi connectivity index (χ3v) is 4.83. The molecule has 0 unspecified atom stereocenters. The van der Waals surface area contributed by atoms with Crippen molar-refractivity contribution in [2.75, 3.05) is 18.5 Å². The molecule has 6 nitrogen and oxygen atoms in total. The number of nitrogens with two attached hydrogens (primary N) is 1. The molecule has 0 bridgehead atoms. The molecule has 0 radical (unpaired) electrons. The fourth-order valence-corrected chi connectivity index (χ4v) is 3.22. The van der Waals surface area contributed by atoms with Crippen LogP contribution >= 0.6 is 0 Å². The Bertz CT molecular complexity index is 752. The minimum absolute atomic E-state index is 0.0422. The summed E-state index contributed by atoms with van der Waals surface area (Å²) in [5, 5.41) is 7.52. The number of guanidine groups is 1. The first-order chi connectivity index (χ1) is 12.1. The number of aliphatic imine (C=N–C) groups is 1. The van der Waals surface area contributed by atoms with Crippen molar-refractivity contribution in [3.63, 3.8) is 0 Å². The molecule has 1 aromatic heterocycles. The second kappa shape index (κ2) is 7.70. The molecular formula is C19H27N5O. The summed E-state index contributed by atoms with van der Waals surface area (Å²) in [6.45, 7) is 8.51. The van der Waals surface area contributed by atoms with Gasteiger partial charge in [0.1, 0.15) is 6.10 Å². The van der Waals surface area contributed by atoms with Crippen molar-refractivity contribution in [3.05, 3.63) is 47.3 Å². The van der Waals surface area contributed by atoms with E-state index in [4.69, 9.17) is 10.5 Å². The summed E-state index contributed by atoms with van der Waals surface area (Å²) in [6.07, 6.45) is 2.86. The van der Waals surface area contributed by atoms with Crippen molar-refractivity contribution < 1.29 is 4.74 Å². The molecule has 2 atom stereocenters. The highest BCUT2D eigenvalue weighted by Crippen LogP contribution is 2.34. The Kier molecular flexibility index (Phi) is 5.38. The van der Waals surface area contributed by atoms with Crippen molar-refractivity contribution >= 4 is 11.6 Å². The van der Waals surface area contributed by atoms with E-state index in [0.29, 0.717) is 18.4 Å². The summed E-state index contributed by atoms with van der Waals surface area (Å²) in [7, 11) is 0. The molecule has 134 valence electrons. The number of hydrogen-bond acceptors (Lipinski definition) is 3. The van der Waals surface area contributed by atoms with Crippen LogP contribution in [0.4, 0.5) is 5.69 Å². The van der Waals surface area contributed by atoms with Crippen LogP contribution in [0.2, 0.25) is 0 Å². The molecule has 1 fully saturated rings. The summed E-state index contributed by atoms with van der Waals surface area (Å²) in [5.74, 6) is 0.764. The van der Waals surface area contributed by atoms with E-state index in [1.54, 1.807) is 0 Å². The highest BCUT2D eigenvalue weighted by atomic mass is 16.5. The average Bonchev–Trinajstić information content (AvgIpc) is 3.24. The van der Waals surface area contributed by atoms with Crippen LogP contribution in [0.15, 0.2) is 35.5 Å². The van der Waals surface area contributed by atoms with Gasteiger partial charge in [0, 0.05) is 37.5 Å². The van der Waals surface area contributed by atoms with E-state index in [1.807, 2.05) is 23.0 Å². The topological polar surface area (TPSA) is 77.5 Å². The minimum Gasteiger partial charge on any atom is -0.372 e. The zero-order valence-electron chi connectivity index (χ0n) is 15.2. The highest BCUT2D eigenvalue weighted by molar-refractivity contribution is 5.92. The molecule has 2 heterocycles. The van der Waals surface area contributed by atoms with E-state index in [2.05, 4.69) is 48.3 Å². The van der Waals surface area contributed by atoms with Gasteiger partial charge < -0.3 is 15.8 Å². The number of ether oxygens (including phenoxy) is 1. The van der Waals surface area contributed by atoms with Crippen LogP contribution in [0.1, 0.15) is 36.3 Å². The Labute approximate surface area is 149 Å². The Hall–Kier alpha value is -2.34. The van der Waals surface area contributed by atoms with Crippen LogP contribution in [-0.4, -0.2) is 28.9 Å². The largest absolute Gasteiger partial charge is 0.372 e. The molecule has 1 aromatic carbocycles. The van der Waals surface area contributed by atoms with E-state index in [0.717, 1.165) is 31.0 Å². The van der Waals surface area contributed by atoms with Gasteiger partial charge in [-0.15, -0.1) is 0 Å². The second-order valence-corrected chi connectivity index (χ2v) is 6.56.